The van der Waals surface area contributed by atoms with Crippen molar-refractivity contribution in [2.45, 2.75) is 43.7 Å². The molecular weight excluding hydrogens is 697 g/mol. The highest BCUT2D eigenvalue weighted by atomic mass is 79.9. The average Bonchev–Trinajstić information content (AvgIpc) is 3.03. The Kier molecular flexibility index (Phi) is 12.5. The number of unbranched alkanes of at least 4 members (excludes halogenated alkanes) is 1. The van der Waals surface area contributed by atoms with Crippen LogP contribution in [0.5, 0.6) is 0 Å². The predicted molar refractivity (Wildman–Crippen MR) is 184 cm³/mol. The molecule has 0 heterocycles. The Labute approximate surface area is 283 Å². The van der Waals surface area contributed by atoms with Crippen molar-refractivity contribution in [3.63, 3.8) is 0 Å². The molecule has 0 spiro atoms. The molecule has 1 unspecified atom stereocenters. The Bertz CT molecular complexity index is 1690. The molecule has 1 N–H and O–H groups in total. The number of anilines is 1. The van der Waals surface area contributed by atoms with Crippen LogP contribution in [0.15, 0.2) is 112 Å². The van der Waals surface area contributed by atoms with Crippen molar-refractivity contribution >= 4 is 66.7 Å². The van der Waals surface area contributed by atoms with Crippen molar-refractivity contribution in [1.82, 2.24) is 10.2 Å². The van der Waals surface area contributed by atoms with Crippen LogP contribution in [0.2, 0.25) is 10.0 Å². The summed E-state index contributed by atoms with van der Waals surface area (Å²) in [5, 5.41) is 3.36. The third-order valence-electron chi connectivity index (χ3n) is 7.16. The minimum atomic E-state index is -4.27. The number of carbonyl (C=O) groups excluding carboxylic acids is 2. The number of nitrogens with one attached hydrogen (secondary N) is 1. The second-order valence-corrected chi connectivity index (χ2v) is 14.0. The molecule has 0 saturated heterocycles. The Hall–Kier alpha value is -3.37. The number of nitrogens with zero attached hydrogens (tertiary/aromatic N) is 2. The molecule has 236 valence electrons. The Morgan fingerprint density at radius 1 is 0.867 bits per heavy atom. The van der Waals surface area contributed by atoms with Crippen molar-refractivity contribution in [3.8, 4) is 0 Å². The second kappa shape index (κ2) is 16.3. The van der Waals surface area contributed by atoms with E-state index in [0.29, 0.717) is 11.6 Å². The lowest BCUT2D eigenvalue weighted by molar-refractivity contribution is -0.140. The molecule has 1 atom stereocenters. The summed E-state index contributed by atoms with van der Waals surface area (Å²) in [4.78, 5) is 29.7. The van der Waals surface area contributed by atoms with Gasteiger partial charge in [0.05, 0.1) is 15.6 Å². The summed E-state index contributed by atoms with van der Waals surface area (Å²) < 4.78 is 30.0. The highest BCUT2D eigenvalue weighted by Gasteiger charge is 2.35. The van der Waals surface area contributed by atoms with Gasteiger partial charge in [-0.15, -0.1) is 0 Å². The van der Waals surface area contributed by atoms with Crippen LogP contribution in [0.4, 0.5) is 5.69 Å². The third kappa shape index (κ3) is 9.33. The summed E-state index contributed by atoms with van der Waals surface area (Å²) >= 11 is 16.1. The van der Waals surface area contributed by atoms with E-state index in [9.17, 15) is 18.0 Å². The van der Waals surface area contributed by atoms with Crippen molar-refractivity contribution in [2.75, 3.05) is 17.4 Å². The van der Waals surface area contributed by atoms with Crippen molar-refractivity contribution < 1.29 is 18.0 Å². The molecule has 11 heteroatoms. The van der Waals surface area contributed by atoms with Gasteiger partial charge in [0.25, 0.3) is 10.0 Å². The first-order valence-corrected chi connectivity index (χ1v) is 17.5. The number of carbonyl (C=O) groups is 2. The fourth-order valence-corrected chi connectivity index (χ4v) is 7.04. The van der Waals surface area contributed by atoms with Gasteiger partial charge in [0.15, 0.2) is 0 Å². The van der Waals surface area contributed by atoms with Crippen LogP contribution in [-0.4, -0.2) is 44.3 Å². The number of amides is 2. The van der Waals surface area contributed by atoms with Crippen LogP contribution >= 0.6 is 39.1 Å². The van der Waals surface area contributed by atoms with E-state index in [0.717, 1.165) is 32.7 Å². The molecule has 4 aromatic rings. The molecule has 0 saturated carbocycles. The van der Waals surface area contributed by atoms with Gasteiger partial charge >= 0.3 is 0 Å². The third-order valence-corrected chi connectivity index (χ3v) is 10.00. The van der Waals surface area contributed by atoms with Gasteiger partial charge in [0.1, 0.15) is 12.6 Å². The van der Waals surface area contributed by atoms with Crippen LogP contribution in [0.1, 0.15) is 30.9 Å². The van der Waals surface area contributed by atoms with Gasteiger partial charge < -0.3 is 10.2 Å². The number of rotatable bonds is 14. The van der Waals surface area contributed by atoms with Gasteiger partial charge in [-0.3, -0.25) is 13.9 Å². The van der Waals surface area contributed by atoms with Crippen LogP contribution < -0.4 is 9.62 Å². The summed E-state index contributed by atoms with van der Waals surface area (Å²) in [5.74, 6) is -0.894. The topological polar surface area (TPSA) is 86.8 Å². The molecule has 45 heavy (non-hydrogen) atoms. The summed E-state index contributed by atoms with van der Waals surface area (Å²) in [7, 11) is -4.27. The number of halogens is 3. The number of hydrogen-bond acceptors (Lipinski definition) is 4. The zero-order valence-corrected chi connectivity index (χ0v) is 28.6. The van der Waals surface area contributed by atoms with Crippen LogP contribution in [0, 0.1) is 0 Å². The Morgan fingerprint density at radius 3 is 2.13 bits per heavy atom. The van der Waals surface area contributed by atoms with Crippen molar-refractivity contribution in [3.05, 3.63) is 129 Å². The lowest BCUT2D eigenvalue weighted by Gasteiger charge is -2.34. The maximum absolute atomic E-state index is 14.5. The van der Waals surface area contributed by atoms with Crippen molar-refractivity contribution in [2.24, 2.45) is 0 Å². The highest BCUT2D eigenvalue weighted by Crippen LogP contribution is 2.33. The first-order valence-electron chi connectivity index (χ1n) is 14.5. The zero-order valence-electron chi connectivity index (χ0n) is 24.7. The summed E-state index contributed by atoms with van der Waals surface area (Å²) in [6, 6.07) is 28.1. The Balaban J connectivity index is 1.80. The van der Waals surface area contributed by atoms with Crippen LogP contribution in [-0.2, 0) is 32.6 Å². The van der Waals surface area contributed by atoms with E-state index >= 15 is 0 Å². The molecule has 0 bridgehead atoms. The van der Waals surface area contributed by atoms with E-state index in [1.54, 1.807) is 18.2 Å². The number of sulfonamides is 1. The largest absolute Gasteiger partial charge is 0.354 e. The molecule has 4 rings (SSSR count). The van der Waals surface area contributed by atoms with Crippen molar-refractivity contribution in [1.29, 1.82) is 0 Å². The second-order valence-electron chi connectivity index (χ2n) is 10.4. The Morgan fingerprint density at radius 2 is 1.51 bits per heavy atom. The molecule has 2 amide bonds. The van der Waals surface area contributed by atoms with Crippen LogP contribution in [0.25, 0.3) is 0 Å². The molecule has 0 aliphatic carbocycles. The van der Waals surface area contributed by atoms with E-state index in [4.69, 9.17) is 23.2 Å². The lowest BCUT2D eigenvalue weighted by atomic mass is 10.0. The fraction of sp³-hybridized carbons (Fsp3) is 0.235. The quantitative estimate of drug-likeness (QED) is 0.136. The maximum Gasteiger partial charge on any atom is 0.264 e. The number of hydrogen-bond donors (Lipinski definition) is 1. The summed E-state index contributed by atoms with van der Waals surface area (Å²) in [6.45, 7) is 1.94. The lowest BCUT2D eigenvalue weighted by Crippen LogP contribution is -2.53. The van der Waals surface area contributed by atoms with Crippen LogP contribution in [0.3, 0.4) is 0 Å². The molecule has 7 nitrogen and oxygen atoms in total. The van der Waals surface area contributed by atoms with Gasteiger partial charge in [-0.2, -0.15) is 0 Å². The molecule has 0 aliphatic rings. The minimum absolute atomic E-state index is 0.0126. The average molecular weight is 732 g/mol. The molecule has 0 radical (unpaired) electrons. The summed E-state index contributed by atoms with van der Waals surface area (Å²) in [5.41, 5.74) is 1.72. The zero-order chi connectivity index (χ0) is 32.4. The molecular formula is C34H34BrCl2N3O4S. The number of benzene rings is 4. The van der Waals surface area contributed by atoms with Gasteiger partial charge in [-0.25, -0.2) is 8.42 Å². The molecule has 0 aromatic heterocycles. The van der Waals surface area contributed by atoms with E-state index in [2.05, 4.69) is 21.2 Å². The van der Waals surface area contributed by atoms with E-state index in [1.165, 1.54) is 35.2 Å². The first-order chi connectivity index (χ1) is 21.6. The van der Waals surface area contributed by atoms with Gasteiger partial charge in [-0.05, 0) is 60.0 Å². The van der Waals surface area contributed by atoms with Gasteiger partial charge in [-0.1, -0.05) is 113 Å². The van der Waals surface area contributed by atoms with Gasteiger partial charge in [0.2, 0.25) is 11.8 Å². The molecule has 0 fully saturated rings. The van der Waals surface area contributed by atoms with E-state index in [1.807, 2.05) is 61.5 Å². The first kappa shape index (κ1) is 34.5. The fourth-order valence-electron chi connectivity index (χ4n) is 4.76. The molecule has 0 aliphatic heterocycles. The normalized spacial score (nSPS) is 11.9. The minimum Gasteiger partial charge on any atom is -0.354 e. The SMILES string of the molecule is CCCCNC(=O)C(Cc1ccccc1)N(Cc1ccc(Br)cc1)C(=O)CN(c1ccc(Cl)cc1Cl)S(=O)(=O)c1ccccc1. The van der Waals surface area contributed by atoms with Gasteiger partial charge in [0, 0.05) is 29.0 Å². The predicted octanol–water partition coefficient (Wildman–Crippen LogP) is 7.51. The standard InChI is InChI=1S/C34H34BrCl2N3O4S/c1-2-3-20-38-34(42)32(21-25-10-6-4-7-11-25)39(23-26-14-16-27(35)17-15-26)33(41)24-40(31-19-18-28(36)22-30(31)37)45(43,44)29-12-8-5-9-13-29/h4-19,22,32H,2-3,20-21,23-24H2,1H3,(H,38,42). The maximum atomic E-state index is 14.5. The van der Waals surface area contributed by atoms with E-state index in [-0.39, 0.29) is 34.5 Å². The summed E-state index contributed by atoms with van der Waals surface area (Å²) in [6.07, 6.45) is 1.90. The monoisotopic (exact) mass is 729 g/mol. The highest BCUT2D eigenvalue weighted by molar-refractivity contribution is 9.10. The van der Waals surface area contributed by atoms with E-state index < -0.39 is 28.5 Å². The molecule has 4 aromatic carbocycles. The smallest absolute Gasteiger partial charge is 0.264 e.